The monoisotopic (exact) mass is 277 g/mol. The standard InChI is InChI=1S/C13H11NO2S2/c15-12(16)5-4-10-2-1-3-11(8-10)9-18-13-14-6-7-17-13/h1-8H,9H2,(H,15,16)/b5-4+. The Labute approximate surface area is 113 Å². The number of aliphatic carboxylic acids is 1. The van der Waals surface area contributed by atoms with Crippen LogP contribution in [0.3, 0.4) is 0 Å². The molecule has 0 radical (unpaired) electrons. The predicted octanol–water partition coefficient (Wildman–Crippen LogP) is 3.53. The molecular weight excluding hydrogens is 266 g/mol. The zero-order chi connectivity index (χ0) is 12.8. The minimum Gasteiger partial charge on any atom is -0.478 e. The van der Waals surface area contributed by atoms with E-state index in [1.807, 2.05) is 29.6 Å². The summed E-state index contributed by atoms with van der Waals surface area (Å²) in [6, 6.07) is 7.83. The van der Waals surface area contributed by atoms with E-state index in [4.69, 9.17) is 5.11 Å². The maximum atomic E-state index is 10.4. The lowest BCUT2D eigenvalue weighted by molar-refractivity contribution is -0.131. The number of hydrogen-bond acceptors (Lipinski definition) is 4. The molecule has 0 saturated carbocycles. The van der Waals surface area contributed by atoms with Crippen LogP contribution in [0.25, 0.3) is 6.08 Å². The third-order valence-electron chi connectivity index (χ3n) is 2.14. The highest BCUT2D eigenvalue weighted by molar-refractivity contribution is 8.00. The van der Waals surface area contributed by atoms with E-state index in [0.29, 0.717) is 0 Å². The molecule has 1 N–H and O–H groups in total. The molecule has 0 aliphatic rings. The van der Waals surface area contributed by atoms with Crippen molar-refractivity contribution in [2.45, 2.75) is 10.1 Å². The number of nitrogens with zero attached hydrogens (tertiary/aromatic N) is 1. The van der Waals surface area contributed by atoms with Gasteiger partial charge in [-0.05, 0) is 17.2 Å². The van der Waals surface area contributed by atoms with Crippen molar-refractivity contribution >= 4 is 35.1 Å². The number of thioether (sulfide) groups is 1. The molecule has 0 aliphatic heterocycles. The predicted molar refractivity (Wildman–Crippen MR) is 74.8 cm³/mol. The lowest BCUT2D eigenvalue weighted by atomic mass is 10.1. The molecule has 2 aromatic rings. The number of rotatable bonds is 5. The quantitative estimate of drug-likeness (QED) is 0.671. The second kappa shape index (κ2) is 6.37. The topological polar surface area (TPSA) is 50.2 Å². The first-order valence-corrected chi connectivity index (χ1v) is 7.13. The van der Waals surface area contributed by atoms with E-state index in [2.05, 4.69) is 4.98 Å². The number of benzene rings is 1. The molecule has 0 amide bonds. The van der Waals surface area contributed by atoms with Crippen LogP contribution >= 0.6 is 23.1 Å². The molecule has 0 unspecified atom stereocenters. The van der Waals surface area contributed by atoms with Gasteiger partial charge in [0.15, 0.2) is 0 Å². The maximum absolute atomic E-state index is 10.4. The Kier molecular flexibility index (Phi) is 4.55. The summed E-state index contributed by atoms with van der Waals surface area (Å²) in [5, 5.41) is 10.5. The summed E-state index contributed by atoms with van der Waals surface area (Å²) in [4.78, 5) is 14.6. The molecule has 0 saturated heterocycles. The van der Waals surface area contributed by atoms with Crippen LogP contribution in [0.2, 0.25) is 0 Å². The van der Waals surface area contributed by atoms with Crippen molar-refractivity contribution in [1.82, 2.24) is 4.98 Å². The van der Waals surface area contributed by atoms with Crippen LogP contribution in [0.4, 0.5) is 0 Å². The Morgan fingerprint density at radius 3 is 3.11 bits per heavy atom. The van der Waals surface area contributed by atoms with Gasteiger partial charge in [0, 0.05) is 23.4 Å². The third kappa shape index (κ3) is 4.01. The zero-order valence-corrected chi connectivity index (χ0v) is 11.1. The lowest BCUT2D eigenvalue weighted by Crippen LogP contribution is -1.86. The number of thiazole rings is 1. The second-order valence-electron chi connectivity index (χ2n) is 3.50. The minimum atomic E-state index is -0.933. The largest absolute Gasteiger partial charge is 0.478 e. The highest BCUT2D eigenvalue weighted by Crippen LogP contribution is 2.24. The molecule has 3 nitrogen and oxygen atoms in total. The fourth-order valence-electron chi connectivity index (χ4n) is 1.38. The molecule has 18 heavy (non-hydrogen) atoms. The first-order chi connectivity index (χ1) is 8.74. The van der Waals surface area contributed by atoms with E-state index >= 15 is 0 Å². The summed E-state index contributed by atoms with van der Waals surface area (Å²) in [6.45, 7) is 0. The molecule has 0 aliphatic carbocycles. The number of carboxylic acid groups (broad SMARTS) is 1. The van der Waals surface area contributed by atoms with Crippen LogP contribution in [0.5, 0.6) is 0 Å². The molecule has 2 rings (SSSR count). The Bertz CT molecular complexity index is 550. The van der Waals surface area contributed by atoms with Crippen molar-refractivity contribution in [2.75, 3.05) is 0 Å². The van der Waals surface area contributed by atoms with Gasteiger partial charge in [-0.1, -0.05) is 36.0 Å². The van der Waals surface area contributed by atoms with Gasteiger partial charge in [-0.3, -0.25) is 0 Å². The first-order valence-electron chi connectivity index (χ1n) is 5.26. The summed E-state index contributed by atoms with van der Waals surface area (Å²) < 4.78 is 1.04. The highest BCUT2D eigenvalue weighted by atomic mass is 32.2. The van der Waals surface area contributed by atoms with Crippen molar-refractivity contribution in [3.05, 3.63) is 53.0 Å². The lowest BCUT2D eigenvalue weighted by Gasteiger charge is -2.00. The molecule has 0 atom stereocenters. The van der Waals surface area contributed by atoms with Gasteiger partial charge in [0.25, 0.3) is 0 Å². The Hall–Kier alpha value is -1.59. The van der Waals surface area contributed by atoms with Crippen LogP contribution in [0.15, 0.2) is 46.3 Å². The zero-order valence-electron chi connectivity index (χ0n) is 9.45. The fraction of sp³-hybridized carbons (Fsp3) is 0.0769. The Morgan fingerprint density at radius 2 is 2.39 bits per heavy atom. The van der Waals surface area contributed by atoms with Gasteiger partial charge in [0.2, 0.25) is 0 Å². The third-order valence-corrected chi connectivity index (χ3v) is 4.18. The van der Waals surface area contributed by atoms with Gasteiger partial charge in [-0.2, -0.15) is 0 Å². The van der Waals surface area contributed by atoms with E-state index in [-0.39, 0.29) is 0 Å². The molecule has 0 fully saturated rings. The number of carboxylic acids is 1. The molecule has 1 aromatic heterocycles. The van der Waals surface area contributed by atoms with E-state index in [9.17, 15) is 4.79 Å². The van der Waals surface area contributed by atoms with E-state index in [1.165, 1.54) is 0 Å². The van der Waals surface area contributed by atoms with Gasteiger partial charge < -0.3 is 5.11 Å². The minimum absolute atomic E-state index is 0.836. The highest BCUT2D eigenvalue weighted by Gasteiger charge is 1.99. The molecule has 1 heterocycles. The average Bonchev–Trinajstić information content (AvgIpc) is 2.87. The molecule has 5 heteroatoms. The smallest absolute Gasteiger partial charge is 0.328 e. The van der Waals surface area contributed by atoms with Gasteiger partial charge in [0.05, 0.1) is 0 Å². The van der Waals surface area contributed by atoms with Gasteiger partial charge in [0.1, 0.15) is 4.34 Å². The summed E-state index contributed by atoms with van der Waals surface area (Å²) >= 11 is 3.30. The van der Waals surface area contributed by atoms with Crippen molar-refractivity contribution in [2.24, 2.45) is 0 Å². The number of carbonyl (C=O) groups is 1. The van der Waals surface area contributed by atoms with Gasteiger partial charge >= 0.3 is 5.97 Å². The van der Waals surface area contributed by atoms with E-state index in [0.717, 1.165) is 27.3 Å². The van der Waals surface area contributed by atoms with Crippen LogP contribution in [-0.4, -0.2) is 16.1 Å². The summed E-state index contributed by atoms with van der Waals surface area (Å²) in [5.41, 5.74) is 2.05. The number of hydrogen-bond donors (Lipinski definition) is 1. The normalized spacial score (nSPS) is 10.9. The van der Waals surface area contributed by atoms with Crippen molar-refractivity contribution < 1.29 is 9.90 Å². The van der Waals surface area contributed by atoms with E-state index < -0.39 is 5.97 Å². The van der Waals surface area contributed by atoms with Crippen LogP contribution in [0.1, 0.15) is 11.1 Å². The Balaban J connectivity index is 2.01. The summed E-state index contributed by atoms with van der Waals surface area (Å²) in [7, 11) is 0. The molecule has 1 aromatic carbocycles. The van der Waals surface area contributed by atoms with E-state index in [1.54, 1.807) is 35.4 Å². The van der Waals surface area contributed by atoms with Crippen molar-refractivity contribution in [3.63, 3.8) is 0 Å². The maximum Gasteiger partial charge on any atom is 0.328 e. The van der Waals surface area contributed by atoms with Gasteiger partial charge in [-0.15, -0.1) is 11.3 Å². The molecule has 0 bridgehead atoms. The SMILES string of the molecule is O=C(O)/C=C/c1cccc(CSc2nccs2)c1. The Morgan fingerprint density at radius 1 is 1.50 bits per heavy atom. The van der Waals surface area contributed by atoms with Crippen LogP contribution in [-0.2, 0) is 10.5 Å². The van der Waals surface area contributed by atoms with Crippen LogP contribution < -0.4 is 0 Å². The van der Waals surface area contributed by atoms with Gasteiger partial charge in [-0.25, -0.2) is 9.78 Å². The van der Waals surface area contributed by atoms with Crippen LogP contribution in [0, 0.1) is 0 Å². The van der Waals surface area contributed by atoms with Crippen molar-refractivity contribution in [3.8, 4) is 0 Å². The fourth-order valence-corrected chi connectivity index (χ4v) is 2.96. The molecular formula is C13H11NO2S2. The van der Waals surface area contributed by atoms with Crippen molar-refractivity contribution in [1.29, 1.82) is 0 Å². The number of aromatic nitrogens is 1. The summed E-state index contributed by atoms with van der Waals surface area (Å²) in [5.74, 6) is -0.0972. The molecule has 0 spiro atoms. The molecule has 92 valence electrons. The summed E-state index contributed by atoms with van der Waals surface area (Å²) in [6.07, 6.45) is 4.53. The first kappa shape index (κ1) is 12.9. The average molecular weight is 277 g/mol. The second-order valence-corrected chi connectivity index (χ2v) is 5.62.